The SMILES string of the molecule is Cc1nccc(NCC2CCN(S(C)(=O)=O)C2)c1Br. The summed E-state index contributed by atoms with van der Waals surface area (Å²) in [5.74, 6) is 0.357. The summed E-state index contributed by atoms with van der Waals surface area (Å²) in [6.07, 6.45) is 3.94. The molecule has 1 atom stereocenters. The van der Waals surface area contributed by atoms with E-state index < -0.39 is 10.0 Å². The van der Waals surface area contributed by atoms with E-state index in [9.17, 15) is 8.42 Å². The lowest BCUT2D eigenvalue weighted by Gasteiger charge is -2.15. The molecule has 1 N–H and O–H groups in total. The Morgan fingerprint density at radius 1 is 1.58 bits per heavy atom. The van der Waals surface area contributed by atoms with Crippen molar-refractivity contribution in [2.45, 2.75) is 13.3 Å². The summed E-state index contributed by atoms with van der Waals surface area (Å²) >= 11 is 3.50. The van der Waals surface area contributed by atoms with Crippen LogP contribution in [0.15, 0.2) is 16.7 Å². The zero-order valence-corrected chi connectivity index (χ0v) is 13.5. The van der Waals surface area contributed by atoms with E-state index in [4.69, 9.17) is 0 Å². The molecule has 1 aromatic rings. The van der Waals surface area contributed by atoms with Crippen LogP contribution in [0.3, 0.4) is 0 Å². The molecular formula is C12H18BrN3O2S. The Morgan fingerprint density at radius 2 is 2.32 bits per heavy atom. The summed E-state index contributed by atoms with van der Waals surface area (Å²) in [5.41, 5.74) is 1.94. The van der Waals surface area contributed by atoms with E-state index in [1.165, 1.54) is 6.26 Å². The smallest absolute Gasteiger partial charge is 0.211 e. The molecule has 1 saturated heterocycles. The Bertz CT molecular complexity index is 562. The number of pyridine rings is 1. The molecule has 7 heteroatoms. The number of aromatic nitrogens is 1. The average molecular weight is 348 g/mol. The van der Waals surface area contributed by atoms with Gasteiger partial charge in [-0.2, -0.15) is 0 Å². The summed E-state index contributed by atoms with van der Waals surface area (Å²) in [7, 11) is -3.05. The van der Waals surface area contributed by atoms with Crippen molar-refractivity contribution in [3.63, 3.8) is 0 Å². The first-order valence-corrected chi connectivity index (χ1v) is 8.82. The normalized spacial score (nSPS) is 20.7. The molecule has 1 unspecified atom stereocenters. The van der Waals surface area contributed by atoms with E-state index in [-0.39, 0.29) is 0 Å². The maximum atomic E-state index is 11.4. The van der Waals surface area contributed by atoms with Gasteiger partial charge in [0.2, 0.25) is 10.0 Å². The minimum Gasteiger partial charge on any atom is -0.384 e. The first kappa shape index (κ1) is 14.7. The van der Waals surface area contributed by atoms with Gasteiger partial charge in [0.1, 0.15) is 0 Å². The third-order valence-corrected chi connectivity index (χ3v) is 5.63. The molecule has 5 nitrogen and oxygen atoms in total. The molecule has 1 fully saturated rings. The number of nitrogens with one attached hydrogen (secondary N) is 1. The van der Waals surface area contributed by atoms with Crippen molar-refractivity contribution in [2.24, 2.45) is 5.92 Å². The summed E-state index contributed by atoms with van der Waals surface area (Å²) in [4.78, 5) is 4.19. The van der Waals surface area contributed by atoms with Crippen LogP contribution in [0.5, 0.6) is 0 Å². The third-order valence-electron chi connectivity index (χ3n) is 3.36. The van der Waals surface area contributed by atoms with Gasteiger partial charge >= 0.3 is 0 Å². The highest BCUT2D eigenvalue weighted by Crippen LogP contribution is 2.25. The molecule has 1 aliphatic heterocycles. The van der Waals surface area contributed by atoms with Crippen LogP contribution in [0.2, 0.25) is 0 Å². The Labute approximate surface area is 122 Å². The van der Waals surface area contributed by atoms with Crippen LogP contribution in [0.1, 0.15) is 12.1 Å². The summed E-state index contributed by atoms with van der Waals surface area (Å²) < 4.78 is 25.4. The van der Waals surface area contributed by atoms with E-state index in [1.54, 1.807) is 10.5 Å². The van der Waals surface area contributed by atoms with Gasteiger partial charge in [-0.1, -0.05) is 0 Å². The summed E-state index contributed by atoms with van der Waals surface area (Å²) in [5, 5.41) is 3.36. The Balaban J connectivity index is 1.92. The second kappa shape index (κ2) is 5.76. The lowest BCUT2D eigenvalue weighted by Crippen LogP contribution is -2.28. The van der Waals surface area contributed by atoms with Crippen LogP contribution in [-0.4, -0.2) is 43.6 Å². The predicted octanol–water partition coefficient (Wildman–Crippen LogP) is 1.85. The lowest BCUT2D eigenvalue weighted by atomic mass is 10.1. The van der Waals surface area contributed by atoms with Crippen molar-refractivity contribution in [1.29, 1.82) is 0 Å². The van der Waals surface area contributed by atoms with Gasteiger partial charge in [-0.05, 0) is 41.3 Å². The zero-order chi connectivity index (χ0) is 14.0. The van der Waals surface area contributed by atoms with Crippen LogP contribution < -0.4 is 5.32 Å². The topological polar surface area (TPSA) is 62.3 Å². The van der Waals surface area contributed by atoms with Crippen LogP contribution in [0.25, 0.3) is 0 Å². The highest BCUT2D eigenvalue weighted by molar-refractivity contribution is 9.10. The quantitative estimate of drug-likeness (QED) is 0.902. The number of anilines is 1. The molecule has 0 amide bonds. The molecule has 0 radical (unpaired) electrons. The van der Waals surface area contributed by atoms with E-state index in [1.807, 2.05) is 13.0 Å². The Hall–Kier alpha value is -0.660. The average Bonchev–Trinajstić information content (AvgIpc) is 2.79. The number of hydrogen-bond acceptors (Lipinski definition) is 4. The first-order chi connectivity index (χ1) is 8.88. The molecule has 2 rings (SSSR count). The van der Waals surface area contributed by atoms with Crippen LogP contribution in [-0.2, 0) is 10.0 Å². The zero-order valence-electron chi connectivity index (χ0n) is 11.1. The summed E-state index contributed by atoms with van der Waals surface area (Å²) in [6, 6.07) is 1.92. The second-order valence-electron chi connectivity index (χ2n) is 4.91. The van der Waals surface area contributed by atoms with Crippen molar-refractivity contribution in [2.75, 3.05) is 31.2 Å². The first-order valence-electron chi connectivity index (χ1n) is 6.18. The molecule has 19 heavy (non-hydrogen) atoms. The largest absolute Gasteiger partial charge is 0.384 e. The maximum Gasteiger partial charge on any atom is 0.211 e. The molecule has 0 saturated carbocycles. The van der Waals surface area contributed by atoms with Crippen molar-refractivity contribution in [3.8, 4) is 0 Å². The van der Waals surface area contributed by atoms with Gasteiger partial charge in [0, 0.05) is 25.8 Å². The molecule has 2 heterocycles. The second-order valence-corrected chi connectivity index (χ2v) is 7.69. The minimum absolute atomic E-state index is 0.357. The van der Waals surface area contributed by atoms with Crippen molar-refractivity contribution in [1.82, 2.24) is 9.29 Å². The molecule has 0 aromatic carbocycles. The fraction of sp³-hybridized carbons (Fsp3) is 0.583. The lowest BCUT2D eigenvalue weighted by molar-refractivity contribution is 0.466. The molecule has 0 bridgehead atoms. The highest BCUT2D eigenvalue weighted by atomic mass is 79.9. The van der Waals surface area contributed by atoms with E-state index in [2.05, 4.69) is 26.2 Å². The number of hydrogen-bond donors (Lipinski definition) is 1. The van der Waals surface area contributed by atoms with Crippen molar-refractivity contribution < 1.29 is 8.42 Å². The van der Waals surface area contributed by atoms with Gasteiger partial charge in [-0.3, -0.25) is 4.98 Å². The molecule has 1 aliphatic rings. The van der Waals surface area contributed by atoms with Crippen LogP contribution in [0, 0.1) is 12.8 Å². The van der Waals surface area contributed by atoms with Crippen molar-refractivity contribution >= 4 is 31.6 Å². The van der Waals surface area contributed by atoms with Crippen molar-refractivity contribution in [3.05, 3.63) is 22.4 Å². The fourth-order valence-corrected chi connectivity index (χ4v) is 3.50. The fourth-order valence-electron chi connectivity index (χ4n) is 2.20. The number of aryl methyl sites for hydroxylation is 1. The van der Waals surface area contributed by atoms with E-state index in [0.29, 0.717) is 19.0 Å². The van der Waals surface area contributed by atoms with Gasteiger partial charge < -0.3 is 5.32 Å². The van der Waals surface area contributed by atoms with E-state index >= 15 is 0 Å². The number of nitrogens with zero attached hydrogens (tertiary/aromatic N) is 2. The molecule has 106 valence electrons. The maximum absolute atomic E-state index is 11.4. The van der Waals surface area contributed by atoms with Gasteiger partial charge in [0.15, 0.2) is 0 Å². The van der Waals surface area contributed by atoms with Gasteiger partial charge in [-0.15, -0.1) is 0 Å². The number of rotatable bonds is 4. The van der Waals surface area contributed by atoms with Crippen LogP contribution >= 0.6 is 15.9 Å². The summed E-state index contributed by atoms with van der Waals surface area (Å²) in [6.45, 7) is 3.94. The Kier molecular flexibility index (Phi) is 4.47. The monoisotopic (exact) mass is 347 g/mol. The minimum atomic E-state index is -3.05. The van der Waals surface area contributed by atoms with Gasteiger partial charge in [0.25, 0.3) is 0 Å². The van der Waals surface area contributed by atoms with Gasteiger partial charge in [-0.25, -0.2) is 12.7 Å². The number of halogens is 1. The molecule has 0 aliphatic carbocycles. The Morgan fingerprint density at radius 3 is 2.95 bits per heavy atom. The number of sulfonamides is 1. The standard InChI is InChI=1S/C12H18BrN3O2S/c1-9-12(13)11(3-5-14-9)15-7-10-4-6-16(8-10)19(2,17)18/h3,5,10H,4,6-8H2,1-2H3,(H,14,15). The third kappa shape index (κ3) is 3.67. The van der Waals surface area contributed by atoms with E-state index in [0.717, 1.165) is 28.8 Å². The molecular weight excluding hydrogens is 330 g/mol. The van der Waals surface area contributed by atoms with Crippen LogP contribution in [0.4, 0.5) is 5.69 Å². The van der Waals surface area contributed by atoms with Gasteiger partial charge in [0.05, 0.1) is 22.1 Å². The molecule has 0 spiro atoms. The molecule has 1 aromatic heterocycles. The highest BCUT2D eigenvalue weighted by Gasteiger charge is 2.28. The predicted molar refractivity (Wildman–Crippen MR) is 79.7 cm³/mol.